The van der Waals surface area contributed by atoms with Crippen molar-refractivity contribution in [1.29, 1.82) is 0 Å². The lowest BCUT2D eigenvalue weighted by molar-refractivity contribution is -0.385. The number of aryl methyl sites for hydroxylation is 2. The van der Waals surface area contributed by atoms with Gasteiger partial charge in [0.1, 0.15) is 0 Å². The lowest BCUT2D eigenvalue weighted by Crippen LogP contribution is -2.00. The van der Waals surface area contributed by atoms with Crippen molar-refractivity contribution in [1.82, 2.24) is 0 Å². The fourth-order valence-electron chi connectivity index (χ4n) is 2.26. The summed E-state index contributed by atoms with van der Waals surface area (Å²) in [5, 5.41) is 15.3. The zero-order chi connectivity index (χ0) is 17.7. The minimum Gasteiger partial charge on any atom is -0.493 e. The molecule has 2 aromatic rings. The van der Waals surface area contributed by atoms with Gasteiger partial charge in [0.25, 0.3) is 5.69 Å². The number of anilines is 1. The van der Waals surface area contributed by atoms with E-state index < -0.39 is 4.92 Å². The summed E-state index contributed by atoms with van der Waals surface area (Å²) in [5.74, 6) is 0.694. The number of benzene rings is 2. The number of methoxy groups -OCH3 is 2. The minimum absolute atomic E-state index is 0.112. The van der Waals surface area contributed by atoms with Crippen molar-refractivity contribution in [2.75, 3.05) is 19.6 Å². The first kappa shape index (κ1) is 17.3. The molecule has 24 heavy (non-hydrogen) atoms. The van der Waals surface area contributed by atoms with Crippen LogP contribution in [0.5, 0.6) is 11.5 Å². The van der Waals surface area contributed by atoms with E-state index in [4.69, 9.17) is 9.47 Å². The Bertz CT molecular complexity index is 788. The van der Waals surface area contributed by atoms with Gasteiger partial charge in [0.05, 0.1) is 42.7 Å². The Morgan fingerprint density at radius 3 is 2.38 bits per heavy atom. The average molecular weight is 329 g/mol. The molecule has 0 spiro atoms. The van der Waals surface area contributed by atoms with E-state index in [-0.39, 0.29) is 5.69 Å². The van der Waals surface area contributed by atoms with Crippen LogP contribution in [0.1, 0.15) is 16.7 Å². The van der Waals surface area contributed by atoms with Crippen LogP contribution in [0.2, 0.25) is 0 Å². The number of nitrogens with zero attached hydrogens (tertiary/aromatic N) is 2. The van der Waals surface area contributed by atoms with Crippen LogP contribution in [0.3, 0.4) is 0 Å². The van der Waals surface area contributed by atoms with E-state index in [1.807, 2.05) is 32.0 Å². The zero-order valence-corrected chi connectivity index (χ0v) is 14.0. The van der Waals surface area contributed by atoms with Crippen molar-refractivity contribution < 1.29 is 14.4 Å². The van der Waals surface area contributed by atoms with Crippen LogP contribution in [0.4, 0.5) is 11.4 Å². The molecule has 1 N–H and O–H groups in total. The number of nitrogens with one attached hydrogen (secondary N) is 1. The van der Waals surface area contributed by atoms with Gasteiger partial charge in [0, 0.05) is 0 Å². The maximum absolute atomic E-state index is 11.2. The Hall–Kier alpha value is -3.09. The fraction of sp³-hybridized carbons (Fsp3) is 0.235. The zero-order valence-electron chi connectivity index (χ0n) is 14.0. The van der Waals surface area contributed by atoms with Crippen molar-refractivity contribution in [3.63, 3.8) is 0 Å². The molecule has 0 amide bonds. The van der Waals surface area contributed by atoms with Crippen molar-refractivity contribution in [2.45, 2.75) is 13.8 Å². The molecule has 2 rings (SSSR count). The molecule has 0 aliphatic rings. The third-order valence-electron chi connectivity index (χ3n) is 3.50. The number of rotatable bonds is 6. The highest BCUT2D eigenvalue weighted by Crippen LogP contribution is 2.33. The third kappa shape index (κ3) is 3.81. The van der Waals surface area contributed by atoms with Crippen molar-refractivity contribution in [3.05, 3.63) is 57.1 Å². The highest BCUT2D eigenvalue weighted by molar-refractivity contribution is 5.87. The first-order valence-electron chi connectivity index (χ1n) is 7.23. The van der Waals surface area contributed by atoms with Gasteiger partial charge < -0.3 is 9.47 Å². The number of hydrogen-bond donors (Lipinski definition) is 1. The first-order valence-corrected chi connectivity index (χ1v) is 7.23. The smallest absolute Gasteiger partial charge is 0.282 e. The van der Waals surface area contributed by atoms with E-state index in [9.17, 15) is 10.1 Å². The standard InChI is InChI=1S/C17H19N3O4/c1-11-5-6-14(12(2)7-11)19-18-10-13-8-16(23-3)17(24-4)9-15(13)20(21)22/h5-10,19H,1-4H3/b18-10-. The molecule has 7 heteroatoms. The number of nitro benzene ring substituents is 1. The van der Waals surface area contributed by atoms with Gasteiger partial charge in [-0.05, 0) is 31.5 Å². The van der Waals surface area contributed by atoms with E-state index in [1.165, 1.54) is 32.6 Å². The summed E-state index contributed by atoms with van der Waals surface area (Å²) in [5.41, 5.74) is 6.12. The summed E-state index contributed by atoms with van der Waals surface area (Å²) < 4.78 is 10.3. The summed E-state index contributed by atoms with van der Waals surface area (Å²) in [7, 11) is 2.90. The summed E-state index contributed by atoms with van der Waals surface area (Å²) in [6, 6.07) is 8.73. The van der Waals surface area contributed by atoms with E-state index in [0.29, 0.717) is 17.1 Å². The highest BCUT2D eigenvalue weighted by Gasteiger charge is 2.18. The number of hydrogen-bond acceptors (Lipinski definition) is 6. The monoisotopic (exact) mass is 329 g/mol. The van der Waals surface area contributed by atoms with Crippen LogP contribution in [-0.2, 0) is 0 Å². The van der Waals surface area contributed by atoms with Crippen molar-refractivity contribution in [3.8, 4) is 11.5 Å². The number of nitro groups is 1. The largest absolute Gasteiger partial charge is 0.493 e. The predicted octanol–water partition coefficient (Wildman–Crippen LogP) is 3.67. The molecule has 2 aromatic carbocycles. The van der Waals surface area contributed by atoms with E-state index in [0.717, 1.165) is 16.8 Å². The molecule has 0 aliphatic carbocycles. The van der Waals surface area contributed by atoms with Gasteiger partial charge in [-0.25, -0.2) is 0 Å². The van der Waals surface area contributed by atoms with Crippen LogP contribution >= 0.6 is 0 Å². The van der Waals surface area contributed by atoms with Gasteiger partial charge in [-0.3, -0.25) is 15.5 Å². The summed E-state index contributed by atoms with van der Waals surface area (Å²) in [6.45, 7) is 3.97. The van der Waals surface area contributed by atoms with Gasteiger partial charge in [0.2, 0.25) is 0 Å². The van der Waals surface area contributed by atoms with Crippen molar-refractivity contribution in [2.24, 2.45) is 5.10 Å². The molecule has 0 bridgehead atoms. The van der Waals surface area contributed by atoms with E-state index in [1.54, 1.807) is 0 Å². The maximum Gasteiger partial charge on any atom is 0.282 e. The summed E-state index contributed by atoms with van der Waals surface area (Å²) in [4.78, 5) is 10.8. The summed E-state index contributed by atoms with van der Waals surface area (Å²) >= 11 is 0. The lowest BCUT2D eigenvalue weighted by atomic mass is 10.1. The number of ether oxygens (including phenoxy) is 2. The Morgan fingerprint density at radius 1 is 1.12 bits per heavy atom. The van der Waals surface area contributed by atoms with Gasteiger partial charge in [-0.1, -0.05) is 17.7 Å². The molecule has 0 aromatic heterocycles. The average Bonchev–Trinajstić information content (AvgIpc) is 2.56. The predicted molar refractivity (Wildman–Crippen MR) is 93.3 cm³/mol. The molecule has 0 heterocycles. The normalized spacial score (nSPS) is 10.7. The molecule has 0 saturated carbocycles. The topological polar surface area (TPSA) is 86.0 Å². The van der Waals surface area contributed by atoms with Gasteiger partial charge in [0.15, 0.2) is 11.5 Å². The maximum atomic E-state index is 11.2. The quantitative estimate of drug-likeness (QED) is 0.496. The second kappa shape index (κ2) is 7.45. The molecule has 7 nitrogen and oxygen atoms in total. The molecule has 0 fully saturated rings. The minimum atomic E-state index is -0.486. The van der Waals surface area contributed by atoms with Gasteiger partial charge >= 0.3 is 0 Å². The van der Waals surface area contributed by atoms with Gasteiger partial charge in [-0.2, -0.15) is 5.10 Å². The molecule has 126 valence electrons. The molecule has 0 unspecified atom stereocenters. The Labute approximate surface area is 140 Å². The van der Waals surface area contributed by atoms with Crippen LogP contribution in [0, 0.1) is 24.0 Å². The Balaban J connectivity index is 2.31. The first-order chi connectivity index (χ1) is 11.5. The Kier molecular flexibility index (Phi) is 5.36. The molecular weight excluding hydrogens is 310 g/mol. The Morgan fingerprint density at radius 2 is 1.79 bits per heavy atom. The highest BCUT2D eigenvalue weighted by atomic mass is 16.6. The molecule has 0 radical (unpaired) electrons. The van der Waals surface area contributed by atoms with Crippen LogP contribution in [-0.4, -0.2) is 25.4 Å². The molecular formula is C17H19N3O4. The third-order valence-corrected chi connectivity index (χ3v) is 3.50. The van der Waals surface area contributed by atoms with Crippen LogP contribution < -0.4 is 14.9 Å². The van der Waals surface area contributed by atoms with Crippen LogP contribution in [0.25, 0.3) is 0 Å². The fourth-order valence-corrected chi connectivity index (χ4v) is 2.26. The van der Waals surface area contributed by atoms with E-state index in [2.05, 4.69) is 10.5 Å². The molecule has 0 atom stereocenters. The van der Waals surface area contributed by atoms with Gasteiger partial charge in [-0.15, -0.1) is 0 Å². The second-order valence-electron chi connectivity index (χ2n) is 5.21. The second-order valence-corrected chi connectivity index (χ2v) is 5.21. The van der Waals surface area contributed by atoms with E-state index >= 15 is 0 Å². The van der Waals surface area contributed by atoms with Crippen LogP contribution in [0.15, 0.2) is 35.4 Å². The lowest BCUT2D eigenvalue weighted by Gasteiger charge is -2.09. The molecule has 0 aliphatic heterocycles. The van der Waals surface area contributed by atoms with Crippen molar-refractivity contribution >= 4 is 17.6 Å². The SMILES string of the molecule is COc1cc(/C=N\Nc2ccc(C)cc2C)c([N+](=O)[O-])cc1OC. The summed E-state index contributed by atoms with van der Waals surface area (Å²) in [6.07, 6.45) is 1.39. The molecule has 0 saturated heterocycles. The number of hydrazone groups is 1.